The number of carbonyl (C=O) groups is 2. The summed E-state index contributed by atoms with van der Waals surface area (Å²) >= 11 is 0. The van der Waals surface area contributed by atoms with Crippen molar-refractivity contribution in [3.8, 4) is 11.5 Å². The standard InChI is InChI=1S/C22H16F3N5O3.CH2O2/c23-22(24,25)33-14-7-5-13(6-8-14)21(9-12-32-16-4-2-10-26-18(16)21)28-20(31)17-15-3-1-11-27-19(15)30-29-17;2-1-3/h1-8,10-11H,9,12H2,(H,28,31)(H,27,29,30);1H,(H,2,3). The van der Waals surface area contributed by atoms with Gasteiger partial charge in [0.25, 0.3) is 12.4 Å². The molecule has 1 amide bonds. The Morgan fingerprint density at radius 3 is 2.56 bits per heavy atom. The molecule has 1 atom stereocenters. The lowest BCUT2D eigenvalue weighted by Gasteiger charge is -2.38. The fourth-order valence-corrected chi connectivity index (χ4v) is 3.96. The van der Waals surface area contributed by atoms with Gasteiger partial charge < -0.3 is 19.9 Å². The number of amides is 1. The van der Waals surface area contributed by atoms with E-state index in [0.29, 0.717) is 34.5 Å². The van der Waals surface area contributed by atoms with Gasteiger partial charge in [-0.2, -0.15) is 5.10 Å². The average molecular weight is 501 g/mol. The van der Waals surface area contributed by atoms with Gasteiger partial charge in [-0.1, -0.05) is 12.1 Å². The highest BCUT2D eigenvalue weighted by Gasteiger charge is 2.43. The Bertz CT molecular complexity index is 1380. The number of nitrogens with one attached hydrogen (secondary N) is 2. The maximum Gasteiger partial charge on any atom is 0.573 e. The van der Waals surface area contributed by atoms with Crippen molar-refractivity contribution in [1.82, 2.24) is 25.5 Å². The molecule has 3 N–H and O–H groups in total. The third kappa shape index (κ3) is 4.89. The molecule has 186 valence electrons. The SMILES string of the molecule is O=C(NC1(c2ccc(OC(F)(F)F)cc2)CCOc2cccnc21)c1n[nH]c2ncccc12.O=CO. The Morgan fingerprint density at radius 1 is 1.14 bits per heavy atom. The zero-order valence-electron chi connectivity index (χ0n) is 18.3. The molecule has 3 aromatic heterocycles. The predicted molar refractivity (Wildman–Crippen MR) is 118 cm³/mol. The lowest BCUT2D eigenvalue weighted by Crippen LogP contribution is -2.50. The predicted octanol–water partition coefficient (Wildman–Crippen LogP) is 3.41. The maximum atomic E-state index is 13.4. The Morgan fingerprint density at radius 2 is 1.83 bits per heavy atom. The second-order valence-corrected chi connectivity index (χ2v) is 7.46. The molecule has 1 aliphatic heterocycles. The first-order valence-electron chi connectivity index (χ1n) is 10.4. The molecule has 13 heteroatoms. The molecule has 0 aliphatic carbocycles. The van der Waals surface area contributed by atoms with E-state index >= 15 is 0 Å². The third-order valence-corrected chi connectivity index (χ3v) is 5.37. The molecule has 4 aromatic rings. The summed E-state index contributed by atoms with van der Waals surface area (Å²) in [6.07, 6.45) is -1.38. The summed E-state index contributed by atoms with van der Waals surface area (Å²) in [5.74, 6) is -0.401. The zero-order chi connectivity index (χ0) is 25.8. The minimum atomic E-state index is -4.81. The van der Waals surface area contributed by atoms with Crippen LogP contribution >= 0.6 is 0 Å². The summed E-state index contributed by atoms with van der Waals surface area (Å²) in [6, 6.07) is 12.2. The summed E-state index contributed by atoms with van der Waals surface area (Å²) in [5, 5.41) is 17.3. The Kier molecular flexibility index (Phi) is 6.72. The van der Waals surface area contributed by atoms with Gasteiger partial charge in [0.05, 0.1) is 12.0 Å². The van der Waals surface area contributed by atoms with E-state index < -0.39 is 17.8 Å². The molecule has 0 radical (unpaired) electrons. The largest absolute Gasteiger partial charge is 0.573 e. The lowest BCUT2D eigenvalue weighted by atomic mass is 9.81. The van der Waals surface area contributed by atoms with E-state index in [9.17, 15) is 18.0 Å². The second kappa shape index (κ2) is 9.90. The van der Waals surface area contributed by atoms with Gasteiger partial charge in [-0.05, 0) is 42.0 Å². The van der Waals surface area contributed by atoms with Gasteiger partial charge in [-0.15, -0.1) is 13.2 Å². The van der Waals surface area contributed by atoms with Crippen LogP contribution in [-0.4, -0.2) is 50.6 Å². The molecule has 10 nitrogen and oxygen atoms in total. The molecule has 1 unspecified atom stereocenters. The molecule has 36 heavy (non-hydrogen) atoms. The van der Waals surface area contributed by atoms with E-state index in [4.69, 9.17) is 14.6 Å². The van der Waals surface area contributed by atoms with Crippen LogP contribution in [0.4, 0.5) is 13.2 Å². The quantitative estimate of drug-likeness (QED) is 0.362. The number of aromatic amines is 1. The highest BCUT2D eigenvalue weighted by molar-refractivity contribution is 6.04. The van der Waals surface area contributed by atoms with Crippen LogP contribution in [0, 0.1) is 0 Å². The number of rotatable bonds is 4. The fourth-order valence-electron chi connectivity index (χ4n) is 3.96. The minimum Gasteiger partial charge on any atom is -0.491 e. The minimum absolute atomic E-state index is 0.137. The number of hydrogen-bond acceptors (Lipinski definition) is 7. The van der Waals surface area contributed by atoms with Crippen molar-refractivity contribution >= 4 is 23.4 Å². The van der Waals surface area contributed by atoms with Crippen LogP contribution in [0.1, 0.15) is 28.2 Å². The summed E-state index contributed by atoms with van der Waals surface area (Å²) in [5.41, 5.74) is 0.379. The number of alkyl halides is 3. The van der Waals surface area contributed by atoms with Crippen molar-refractivity contribution in [1.29, 1.82) is 0 Å². The van der Waals surface area contributed by atoms with E-state index in [1.165, 1.54) is 24.3 Å². The zero-order valence-corrected chi connectivity index (χ0v) is 18.3. The first kappa shape index (κ1) is 24.4. The molecule has 0 bridgehead atoms. The third-order valence-electron chi connectivity index (χ3n) is 5.37. The summed E-state index contributed by atoms with van der Waals surface area (Å²) in [7, 11) is 0. The van der Waals surface area contributed by atoms with Gasteiger partial charge in [-0.3, -0.25) is 19.7 Å². The number of H-pyrrole nitrogens is 1. The van der Waals surface area contributed by atoms with Crippen LogP contribution in [0.3, 0.4) is 0 Å². The Hall–Kier alpha value is -4.68. The van der Waals surface area contributed by atoms with Crippen molar-refractivity contribution in [2.24, 2.45) is 0 Å². The number of benzene rings is 1. The molecule has 0 fully saturated rings. The van der Waals surface area contributed by atoms with E-state index in [-0.39, 0.29) is 24.5 Å². The maximum absolute atomic E-state index is 13.4. The van der Waals surface area contributed by atoms with Crippen molar-refractivity contribution in [3.63, 3.8) is 0 Å². The number of ether oxygens (including phenoxy) is 2. The van der Waals surface area contributed by atoms with Crippen LogP contribution in [0.5, 0.6) is 11.5 Å². The van der Waals surface area contributed by atoms with Gasteiger partial charge in [0.15, 0.2) is 11.3 Å². The first-order valence-corrected chi connectivity index (χ1v) is 10.4. The van der Waals surface area contributed by atoms with Crippen molar-refractivity contribution in [3.05, 3.63) is 77.9 Å². The fraction of sp³-hybridized carbons (Fsp3) is 0.174. The van der Waals surface area contributed by atoms with E-state index in [0.717, 1.165) is 0 Å². The van der Waals surface area contributed by atoms with Crippen LogP contribution in [0.15, 0.2) is 60.9 Å². The van der Waals surface area contributed by atoms with Crippen LogP contribution in [0.2, 0.25) is 0 Å². The number of aromatic nitrogens is 4. The van der Waals surface area contributed by atoms with Gasteiger partial charge in [0.1, 0.15) is 22.7 Å². The average Bonchev–Trinajstić information content (AvgIpc) is 3.29. The molecule has 4 heterocycles. The lowest BCUT2D eigenvalue weighted by molar-refractivity contribution is -0.274. The first-order chi connectivity index (χ1) is 17.3. The summed E-state index contributed by atoms with van der Waals surface area (Å²) in [6.45, 7) is 0.00262. The van der Waals surface area contributed by atoms with Gasteiger partial charge in [0.2, 0.25) is 0 Å². The van der Waals surface area contributed by atoms with Crippen molar-refractivity contribution in [2.45, 2.75) is 18.3 Å². The smallest absolute Gasteiger partial charge is 0.491 e. The van der Waals surface area contributed by atoms with Gasteiger partial charge >= 0.3 is 6.36 Å². The number of halogens is 3. The molecule has 1 aromatic carbocycles. The second-order valence-electron chi connectivity index (χ2n) is 7.46. The Balaban J connectivity index is 0.000000967. The summed E-state index contributed by atoms with van der Waals surface area (Å²) in [4.78, 5) is 30.3. The molecular formula is C23H18F3N5O5. The number of carbonyl (C=O) groups excluding carboxylic acids is 1. The topological polar surface area (TPSA) is 139 Å². The van der Waals surface area contributed by atoms with E-state index in [1.807, 2.05) is 0 Å². The molecule has 5 rings (SSSR count). The van der Waals surface area contributed by atoms with Crippen LogP contribution in [-0.2, 0) is 10.3 Å². The number of pyridine rings is 2. The summed E-state index contributed by atoms with van der Waals surface area (Å²) < 4.78 is 47.5. The molecule has 1 aliphatic rings. The normalized spacial score (nSPS) is 16.6. The van der Waals surface area contributed by atoms with Gasteiger partial charge in [-0.25, -0.2) is 4.98 Å². The molecule has 0 saturated heterocycles. The van der Waals surface area contributed by atoms with E-state index in [1.54, 1.807) is 36.7 Å². The monoisotopic (exact) mass is 501 g/mol. The number of hydrogen-bond donors (Lipinski definition) is 3. The van der Waals surface area contributed by atoms with Crippen LogP contribution < -0.4 is 14.8 Å². The van der Waals surface area contributed by atoms with E-state index in [2.05, 4.69) is 30.2 Å². The number of carboxylic acid groups (broad SMARTS) is 1. The highest BCUT2D eigenvalue weighted by atomic mass is 19.4. The number of nitrogens with zero attached hydrogens (tertiary/aromatic N) is 3. The van der Waals surface area contributed by atoms with Gasteiger partial charge in [0, 0.05) is 18.8 Å². The molecular weight excluding hydrogens is 483 g/mol. The molecule has 0 saturated carbocycles. The van der Waals surface area contributed by atoms with Crippen LogP contribution in [0.25, 0.3) is 11.0 Å². The molecule has 0 spiro atoms. The highest BCUT2D eigenvalue weighted by Crippen LogP contribution is 2.41. The van der Waals surface area contributed by atoms with Crippen molar-refractivity contribution in [2.75, 3.05) is 6.61 Å². The number of fused-ring (bicyclic) bond motifs is 2. The van der Waals surface area contributed by atoms with Crippen molar-refractivity contribution < 1.29 is 37.3 Å². The Labute approximate surface area is 201 Å².